The van der Waals surface area contributed by atoms with E-state index in [4.69, 9.17) is 50.1 Å². The molecule has 1 aliphatic heterocycles. The van der Waals surface area contributed by atoms with E-state index >= 15 is 0 Å². The number of ether oxygens (including phenoxy) is 4. The first kappa shape index (κ1) is 40.2. The summed E-state index contributed by atoms with van der Waals surface area (Å²) in [6.07, 6.45) is -0.658. The van der Waals surface area contributed by atoms with Crippen LogP contribution in [-0.4, -0.2) is 79.3 Å². The molecule has 52 heavy (non-hydrogen) atoms. The molecule has 28 heteroatoms. The highest BCUT2D eigenvalue weighted by atomic mass is 31.3. The van der Waals surface area contributed by atoms with E-state index in [1.165, 1.54) is 36.1 Å². The van der Waals surface area contributed by atoms with Crippen molar-refractivity contribution < 1.29 is 70.2 Å². The van der Waals surface area contributed by atoms with Crippen LogP contribution in [0.2, 0.25) is 0 Å². The van der Waals surface area contributed by atoms with Gasteiger partial charge >= 0.3 is 29.4 Å². The molecule has 3 heterocycles. The average Bonchev–Trinajstić information content (AvgIpc) is 3.64. The lowest BCUT2D eigenvalue weighted by atomic mass is 10.1. The van der Waals surface area contributed by atoms with Crippen LogP contribution in [0.4, 0.5) is 5.82 Å². The summed E-state index contributed by atoms with van der Waals surface area (Å²) >= 11 is 0. The lowest BCUT2D eigenvalue weighted by molar-refractivity contribution is -0.0582. The predicted octanol–water partition coefficient (Wildman–Crippen LogP) is 3.32. The van der Waals surface area contributed by atoms with E-state index in [1.54, 1.807) is 0 Å². The summed E-state index contributed by atoms with van der Waals surface area (Å²) < 4.78 is 70.5. The third-order valence-electron chi connectivity index (χ3n) is 6.69. The van der Waals surface area contributed by atoms with Gasteiger partial charge in [-0.2, -0.15) is 8.62 Å². The largest absolute Gasteiger partial charge is 0.497 e. The number of esters is 1. The highest BCUT2D eigenvalue weighted by Crippen LogP contribution is 2.66. The zero-order valence-corrected chi connectivity index (χ0v) is 29.1. The number of hydrogen-bond donors (Lipinski definition) is 5. The Balaban J connectivity index is 1.53. The Morgan fingerprint density at radius 1 is 1.13 bits per heavy atom. The highest BCUT2D eigenvalue weighted by Gasteiger charge is 2.43. The molecule has 5 atom stereocenters. The molecule has 2 unspecified atom stereocenters. The second-order valence-corrected chi connectivity index (χ2v) is 14.4. The van der Waals surface area contributed by atoms with Crippen LogP contribution in [0.5, 0.6) is 5.75 Å². The number of nitrogen functional groups attached to an aromatic ring is 1. The Morgan fingerprint density at radius 2 is 1.88 bits per heavy atom. The van der Waals surface area contributed by atoms with Gasteiger partial charge in [0.05, 0.1) is 42.9 Å². The first-order chi connectivity index (χ1) is 24.6. The van der Waals surface area contributed by atoms with Crippen molar-refractivity contribution in [1.29, 1.82) is 0 Å². The fourth-order valence-electron chi connectivity index (χ4n) is 4.69. The lowest BCUT2D eigenvalue weighted by Gasteiger charge is -2.21. The molecule has 6 N–H and O–H groups in total. The maximum atomic E-state index is 12.8. The Hall–Kier alpha value is -4.58. The standard InChI is InChI=1S/C24H27N10O15P3/c1-43-16-4-5-17(15(7-16)9-30-32-26)24(35)44-6-2-3-14-10-34(23-21(14)22(25)28-12-29-23)20-8-18(45-13-31-33-27)19(47-20)11-46-51(39,40)49-52(41,42)48-50(36,37)38/h4-5,7,10,12,18-20H,6,8-9,11,13H2,1H3,(H,39,40)(H,41,42)(H2,25,28,29)(H2,36,37,38)/t18-,19-,20-/m1/s1. The maximum Gasteiger partial charge on any atom is 0.490 e. The number of carbonyl (C=O) groups is 1. The van der Waals surface area contributed by atoms with Gasteiger partial charge in [0.15, 0.2) is 6.61 Å². The molecule has 0 aliphatic carbocycles. The third-order valence-corrected chi connectivity index (χ3v) is 10.5. The predicted molar refractivity (Wildman–Crippen MR) is 172 cm³/mol. The van der Waals surface area contributed by atoms with Gasteiger partial charge in [0.25, 0.3) is 0 Å². The number of benzene rings is 1. The molecule has 0 radical (unpaired) electrons. The SMILES string of the molecule is COc1ccc(C(=O)OCC#Cc2cn([C@H]3C[C@@H](OCN=[N+]=[N-])[C@@H](COP(=O)(O)OP(=O)(O)OP(=O)(O)O)O3)c3ncnc(N)c23)c(CN=[N+]=[N-])c1. The number of methoxy groups -OCH3 is 1. The molecule has 1 aromatic carbocycles. The zero-order chi connectivity index (χ0) is 38.1. The highest BCUT2D eigenvalue weighted by molar-refractivity contribution is 7.66. The number of rotatable bonds is 16. The number of hydrogen-bond acceptors (Lipinski definition) is 16. The Morgan fingerprint density at radius 3 is 2.58 bits per heavy atom. The molecule has 1 aliphatic rings. The molecular formula is C24H27N10O15P3. The van der Waals surface area contributed by atoms with E-state index in [1.807, 2.05) is 0 Å². The lowest BCUT2D eigenvalue weighted by Crippen LogP contribution is -2.29. The van der Waals surface area contributed by atoms with Crippen LogP contribution in [0.15, 0.2) is 41.0 Å². The van der Waals surface area contributed by atoms with Gasteiger partial charge in [-0.25, -0.2) is 28.5 Å². The molecule has 1 fully saturated rings. The molecule has 278 valence electrons. The van der Waals surface area contributed by atoms with Crippen LogP contribution in [-0.2, 0) is 47.6 Å². The minimum atomic E-state index is -5.79. The number of nitrogens with zero attached hydrogens (tertiary/aromatic N) is 9. The van der Waals surface area contributed by atoms with E-state index < -0.39 is 61.2 Å². The Bertz CT molecular complexity index is 2120. The number of nitrogens with two attached hydrogens (primary N) is 1. The van der Waals surface area contributed by atoms with E-state index in [0.717, 1.165) is 6.33 Å². The van der Waals surface area contributed by atoms with Crippen LogP contribution in [0.3, 0.4) is 0 Å². The van der Waals surface area contributed by atoms with E-state index in [2.05, 4.69) is 50.5 Å². The molecule has 3 aromatic rings. The second-order valence-electron chi connectivity index (χ2n) is 10.0. The van der Waals surface area contributed by atoms with E-state index in [0.29, 0.717) is 11.3 Å². The second kappa shape index (κ2) is 17.3. The van der Waals surface area contributed by atoms with E-state index in [-0.39, 0.29) is 47.6 Å². The molecule has 4 rings (SSSR count). The van der Waals surface area contributed by atoms with Crippen molar-refractivity contribution in [2.45, 2.75) is 31.4 Å². The van der Waals surface area contributed by atoms with Crippen LogP contribution in [0, 0.1) is 11.8 Å². The van der Waals surface area contributed by atoms with Crippen molar-refractivity contribution in [3.05, 3.63) is 68.3 Å². The molecule has 25 nitrogen and oxygen atoms in total. The van der Waals surface area contributed by atoms with Gasteiger partial charge in [0.1, 0.15) is 42.6 Å². The maximum absolute atomic E-state index is 12.8. The first-order valence-corrected chi connectivity index (χ1v) is 18.6. The van der Waals surface area contributed by atoms with Crippen molar-refractivity contribution in [2.75, 3.05) is 32.8 Å². The monoisotopic (exact) mass is 788 g/mol. The summed E-state index contributed by atoms with van der Waals surface area (Å²) in [7, 11) is -15.5. The molecule has 0 bridgehead atoms. The summed E-state index contributed by atoms with van der Waals surface area (Å²) in [5, 5.41) is 7.03. The fraction of sp³-hybridized carbons (Fsp3) is 0.375. The molecule has 0 spiro atoms. The van der Waals surface area contributed by atoms with Crippen LogP contribution in [0.25, 0.3) is 31.9 Å². The molecular weight excluding hydrogens is 761 g/mol. The van der Waals surface area contributed by atoms with Gasteiger partial charge in [-0.1, -0.05) is 22.1 Å². The van der Waals surface area contributed by atoms with Gasteiger partial charge < -0.3 is 48.8 Å². The minimum absolute atomic E-state index is 0.0179. The summed E-state index contributed by atoms with van der Waals surface area (Å²) in [4.78, 5) is 63.1. The van der Waals surface area contributed by atoms with Crippen molar-refractivity contribution in [3.63, 3.8) is 0 Å². The molecule has 1 saturated heterocycles. The number of azide groups is 2. The number of aromatic nitrogens is 3. The van der Waals surface area contributed by atoms with Gasteiger partial charge in [-0.15, -0.1) is 0 Å². The van der Waals surface area contributed by atoms with Gasteiger partial charge in [0.2, 0.25) is 0 Å². The van der Waals surface area contributed by atoms with Crippen molar-refractivity contribution >= 4 is 46.3 Å². The summed E-state index contributed by atoms with van der Waals surface area (Å²) in [6.45, 7) is -1.90. The summed E-state index contributed by atoms with van der Waals surface area (Å²) in [5.74, 6) is 5.23. The Kier molecular flexibility index (Phi) is 13.4. The van der Waals surface area contributed by atoms with Crippen molar-refractivity contribution in [1.82, 2.24) is 14.5 Å². The quantitative estimate of drug-likeness (QED) is 0.0347. The van der Waals surface area contributed by atoms with Crippen molar-refractivity contribution in [3.8, 4) is 17.6 Å². The minimum Gasteiger partial charge on any atom is -0.497 e. The number of phosphoric ester groups is 1. The van der Waals surface area contributed by atoms with Gasteiger partial charge in [-0.05, 0) is 34.8 Å². The topological polar surface area (TPSA) is 368 Å². The number of carbonyl (C=O) groups excluding carboxylic acids is 1. The first-order valence-electron chi connectivity index (χ1n) is 14.1. The van der Waals surface area contributed by atoms with Crippen molar-refractivity contribution in [2.24, 2.45) is 10.2 Å². The zero-order valence-electron chi connectivity index (χ0n) is 26.4. The van der Waals surface area contributed by atoms with Crippen LogP contribution < -0.4 is 10.5 Å². The average molecular weight is 788 g/mol. The number of anilines is 1. The summed E-state index contributed by atoms with van der Waals surface area (Å²) in [6, 6.07) is 4.50. The molecule has 0 saturated carbocycles. The normalized spacial score (nSPS) is 19.3. The fourth-order valence-corrected chi connectivity index (χ4v) is 7.72. The third kappa shape index (κ3) is 11.0. The number of phosphoric acid groups is 3. The van der Waals surface area contributed by atoms with Gasteiger partial charge in [-0.3, -0.25) is 4.52 Å². The Labute approximate surface area is 291 Å². The molecule has 0 amide bonds. The van der Waals surface area contributed by atoms with E-state index in [9.17, 15) is 28.3 Å². The smallest absolute Gasteiger partial charge is 0.490 e. The van der Waals surface area contributed by atoms with Crippen LogP contribution in [0.1, 0.15) is 34.1 Å². The van der Waals surface area contributed by atoms with Gasteiger partial charge in [0, 0.05) is 22.4 Å². The molecule has 2 aromatic heterocycles. The number of fused-ring (bicyclic) bond motifs is 1. The summed E-state index contributed by atoms with van der Waals surface area (Å²) in [5.41, 5.74) is 24.4. The van der Waals surface area contributed by atoms with Crippen LogP contribution >= 0.6 is 23.5 Å².